The molecule has 0 radical (unpaired) electrons. The van der Waals surface area contributed by atoms with Crippen molar-refractivity contribution in [1.82, 2.24) is 0 Å². The monoisotopic (exact) mass is 300 g/mol. The molecule has 22 heavy (non-hydrogen) atoms. The number of carbonyl (C=O) groups is 1. The molecule has 0 spiro atoms. The smallest absolute Gasteiger partial charge is 0.226 e. The Hall–Kier alpha value is -2.69. The number of rotatable bonds is 5. The number of benzene rings is 2. The van der Waals surface area contributed by atoms with E-state index in [9.17, 15) is 4.79 Å². The van der Waals surface area contributed by atoms with Crippen molar-refractivity contribution in [1.29, 1.82) is 0 Å². The molecule has 2 aromatic carbocycles. The van der Waals surface area contributed by atoms with E-state index in [1.54, 1.807) is 49.6 Å². The third-order valence-corrected chi connectivity index (χ3v) is 3.06. The summed E-state index contributed by atoms with van der Waals surface area (Å²) < 4.78 is 11.0. The molecular weight excluding hydrogens is 280 g/mol. The molecule has 0 saturated carbocycles. The Balaban J connectivity index is 2.10. The molecule has 0 aliphatic heterocycles. The molecule has 2 rings (SSSR count). The summed E-state index contributed by atoms with van der Waals surface area (Å²) in [4.78, 5) is 11.6. The van der Waals surface area contributed by atoms with Crippen molar-refractivity contribution in [2.75, 3.05) is 18.2 Å². The van der Waals surface area contributed by atoms with E-state index in [4.69, 9.17) is 15.2 Å². The third-order valence-electron chi connectivity index (χ3n) is 3.06. The molecule has 1 amide bonds. The van der Waals surface area contributed by atoms with Crippen LogP contribution < -0.4 is 20.5 Å². The number of nitrogens with two attached hydrogens (primary N) is 1. The lowest BCUT2D eigenvalue weighted by molar-refractivity contribution is -0.118. The summed E-state index contributed by atoms with van der Waals surface area (Å²) in [5.41, 5.74) is 7.05. The molecule has 0 bridgehead atoms. The largest absolute Gasteiger partial charge is 0.493 e. The summed E-state index contributed by atoms with van der Waals surface area (Å²) in [6.07, 6.45) is 0. The molecule has 0 fully saturated rings. The van der Waals surface area contributed by atoms with Gasteiger partial charge in [-0.2, -0.15) is 0 Å². The maximum atomic E-state index is 11.6. The zero-order chi connectivity index (χ0) is 16.1. The summed E-state index contributed by atoms with van der Waals surface area (Å²) >= 11 is 0. The number of nitrogen functional groups attached to an aromatic ring is 1. The highest BCUT2D eigenvalue weighted by Crippen LogP contribution is 2.33. The van der Waals surface area contributed by atoms with Crippen molar-refractivity contribution in [2.45, 2.75) is 13.8 Å². The highest BCUT2D eigenvalue weighted by molar-refractivity contribution is 5.92. The van der Waals surface area contributed by atoms with E-state index in [0.717, 1.165) is 5.69 Å². The number of hydrogen-bond acceptors (Lipinski definition) is 4. The lowest BCUT2D eigenvalue weighted by Crippen LogP contribution is -2.17. The van der Waals surface area contributed by atoms with Crippen molar-refractivity contribution in [3.63, 3.8) is 0 Å². The number of nitrogens with one attached hydrogen (secondary N) is 1. The van der Waals surface area contributed by atoms with Gasteiger partial charge in [-0.25, -0.2) is 0 Å². The first-order valence-electron chi connectivity index (χ1n) is 7.02. The van der Waals surface area contributed by atoms with Crippen LogP contribution in [0.4, 0.5) is 11.4 Å². The maximum Gasteiger partial charge on any atom is 0.226 e. The Labute approximate surface area is 130 Å². The van der Waals surface area contributed by atoms with E-state index in [1.807, 2.05) is 13.8 Å². The number of anilines is 2. The lowest BCUT2D eigenvalue weighted by Gasteiger charge is -2.12. The summed E-state index contributed by atoms with van der Waals surface area (Å²) in [5, 5.41) is 2.83. The van der Waals surface area contributed by atoms with Gasteiger partial charge in [-0.05, 0) is 36.4 Å². The first-order chi connectivity index (χ1) is 10.5. The number of hydrogen-bond donors (Lipinski definition) is 2. The average Bonchev–Trinajstić information content (AvgIpc) is 2.50. The molecule has 5 nitrogen and oxygen atoms in total. The Morgan fingerprint density at radius 2 is 1.77 bits per heavy atom. The normalized spacial score (nSPS) is 10.4. The third kappa shape index (κ3) is 3.91. The van der Waals surface area contributed by atoms with Crippen LogP contribution in [0.15, 0.2) is 42.5 Å². The molecule has 3 N–H and O–H groups in total. The lowest BCUT2D eigenvalue weighted by atomic mass is 10.2. The first kappa shape index (κ1) is 15.7. The van der Waals surface area contributed by atoms with Crippen molar-refractivity contribution < 1.29 is 14.3 Å². The van der Waals surface area contributed by atoms with Gasteiger partial charge in [0.05, 0.1) is 7.11 Å². The van der Waals surface area contributed by atoms with Crippen LogP contribution in [0.25, 0.3) is 0 Å². The summed E-state index contributed by atoms with van der Waals surface area (Å²) in [6.45, 7) is 3.69. The Bertz CT molecular complexity index is 651. The minimum absolute atomic E-state index is 0.0196. The molecule has 0 aromatic heterocycles. The van der Waals surface area contributed by atoms with Crippen molar-refractivity contribution in [3.8, 4) is 17.2 Å². The van der Waals surface area contributed by atoms with Gasteiger partial charge in [0, 0.05) is 23.4 Å². The Kier molecular flexibility index (Phi) is 4.88. The van der Waals surface area contributed by atoms with E-state index in [-0.39, 0.29) is 11.8 Å². The van der Waals surface area contributed by atoms with Crippen LogP contribution in [-0.2, 0) is 4.79 Å². The van der Waals surface area contributed by atoms with Crippen LogP contribution in [0, 0.1) is 5.92 Å². The fraction of sp³-hybridized carbons (Fsp3) is 0.235. The van der Waals surface area contributed by atoms with Gasteiger partial charge in [0.2, 0.25) is 5.91 Å². The van der Waals surface area contributed by atoms with Gasteiger partial charge in [0.1, 0.15) is 5.75 Å². The molecular formula is C17H20N2O3. The molecule has 0 aliphatic rings. The fourth-order valence-electron chi connectivity index (χ4n) is 1.79. The second kappa shape index (κ2) is 6.85. The summed E-state index contributed by atoms with van der Waals surface area (Å²) in [7, 11) is 1.56. The number of carbonyl (C=O) groups excluding carboxylic acids is 1. The SMILES string of the molecule is COc1cc(N)ccc1Oc1ccc(NC(=O)C(C)C)cc1. The van der Waals surface area contributed by atoms with E-state index < -0.39 is 0 Å². The highest BCUT2D eigenvalue weighted by atomic mass is 16.5. The topological polar surface area (TPSA) is 73.6 Å². The van der Waals surface area contributed by atoms with Gasteiger partial charge < -0.3 is 20.5 Å². The first-order valence-corrected chi connectivity index (χ1v) is 7.02. The van der Waals surface area contributed by atoms with Gasteiger partial charge in [-0.1, -0.05) is 13.8 Å². The van der Waals surface area contributed by atoms with Crippen molar-refractivity contribution in [3.05, 3.63) is 42.5 Å². The number of amides is 1. The van der Waals surface area contributed by atoms with Crippen LogP contribution in [0.3, 0.4) is 0 Å². The van der Waals surface area contributed by atoms with E-state index in [2.05, 4.69) is 5.32 Å². The summed E-state index contributed by atoms with van der Waals surface area (Å²) in [5.74, 6) is 1.71. The van der Waals surface area contributed by atoms with Crippen LogP contribution >= 0.6 is 0 Å². The second-order valence-electron chi connectivity index (χ2n) is 5.18. The number of ether oxygens (including phenoxy) is 2. The summed E-state index contributed by atoms with van der Waals surface area (Å²) in [6, 6.07) is 12.3. The molecule has 5 heteroatoms. The van der Waals surface area contributed by atoms with Crippen LogP contribution in [0.1, 0.15) is 13.8 Å². The molecule has 0 aliphatic carbocycles. The average molecular weight is 300 g/mol. The van der Waals surface area contributed by atoms with Gasteiger partial charge in [-0.15, -0.1) is 0 Å². The fourth-order valence-corrected chi connectivity index (χ4v) is 1.79. The standard InChI is InChI=1S/C17H20N2O3/c1-11(2)17(20)19-13-5-7-14(8-6-13)22-15-9-4-12(18)10-16(15)21-3/h4-11H,18H2,1-3H3,(H,19,20). The molecule has 2 aromatic rings. The van der Waals surface area contributed by atoms with Crippen LogP contribution in [0.2, 0.25) is 0 Å². The van der Waals surface area contributed by atoms with E-state index >= 15 is 0 Å². The molecule has 116 valence electrons. The van der Waals surface area contributed by atoms with E-state index in [1.165, 1.54) is 0 Å². The highest BCUT2D eigenvalue weighted by Gasteiger charge is 2.08. The number of methoxy groups -OCH3 is 1. The van der Waals surface area contributed by atoms with Gasteiger partial charge in [0.15, 0.2) is 11.5 Å². The second-order valence-corrected chi connectivity index (χ2v) is 5.18. The van der Waals surface area contributed by atoms with E-state index in [0.29, 0.717) is 22.9 Å². The quantitative estimate of drug-likeness (QED) is 0.826. The Morgan fingerprint density at radius 1 is 1.09 bits per heavy atom. The minimum Gasteiger partial charge on any atom is -0.493 e. The molecule has 0 saturated heterocycles. The van der Waals surface area contributed by atoms with Gasteiger partial charge >= 0.3 is 0 Å². The predicted molar refractivity (Wildman–Crippen MR) is 87.4 cm³/mol. The van der Waals surface area contributed by atoms with Crippen molar-refractivity contribution in [2.24, 2.45) is 5.92 Å². The molecule has 0 atom stereocenters. The molecule has 0 unspecified atom stereocenters. The van der Waals surface area contributed by atoms with Crippen LogP contribution in [-0.4, -0.2) is 13.0 Å². The Morgan fingerprint density at radius 3 is 2.36 bits per heavy atom. The molecule has 0 heterocycles. The minimum atomic E-state index is -0.0602. The van der Waals surface area contributed by atoms with Crippen LogP contribution in [0.5, 0.6) is 17.2 Å². The zero-order valence-electron chi connectivity index (χ0n) is 12.9. The predicted octanol–water partition coefficient (Wildman–Crippen LogP) is 3.66. The zero-order valence-corrected chi connectivity index (χ0v) is 12.9. The van der Waals surface area contributed by atoms with Crippen molar-refractivity contribution >= 4 is 17.3 Å². The maximum absolute atomic E-state index is 11.6. The van der Waals surface area contributed by atoms with Gasteiger partial charge in [-0.3, -0.25) is 4.79 Å². The van der Waals surface area contributed by atoms with Gasteiger partial charge in [0.25, 0.3) is 0 Å².